The highest BCUT2D eigenvalue weighted by Gasteiger charge is 2.34. The number of fused-ring (bicyclic) bond motifs is 6. The SMILES string of the molecule is O[C@H](COc1cccc2[nH]ccc12)CN1C[C@@H]2CC=CC[C@H]1CN2Cc1ccc2ccccc2c1. The Morgan fingerprint density at radius 2 is 1.69 bits per heavy atom. The zero-order valence-corrected chi connectivity index (χ0v) is 20.0. The van der Waals surface area contributed by atoms with Gasteiger partial charge in [-0.25, -0.2) is 0 Å². The van der Waals surface area contributed by atoms with Crippen molar-refractivity contribution in [1.82, 2.24) is 14.8 Å². The Morgan fingerprint density at radius 3 is 2.57 bits per heavy atom. The smallest absolute Gasteiger partial charge is 0.128 e. The molecule has 3 aliphatic rings. The molecule has 3 atom stereocenters. The van der Waals surface area contributed by atoms with Crippen molar-refractivity contribution in [2.24, 2.45) is 0 Å². The summed E-state index contributed by atoms with van der Waals surface area (Å²) in [7, 11) is 0. The number of hydrogen-bond acceptors (Lipinski definition) is 4. The van der Waals surface area contributed by atoms with Crippen molar-refractivity contribution in [2.45, 2.75) is 37.6 Å². The lowest BCUT2D eigenvalue weighted by Crippen LogP contribution is -2.59. The summed E-state index contributed by atoms with van der Waals surface area (Å²) < 4.78 is 6.03. The Kier molecular flexibility index (Phi) is 6.30. The molecule has 7 rings (SSSR count). The van der Waals surface area contributed by atoms with E-state index in [4.69, 9.17) is 4.74 Å². The molecule has 5 nitrogen and oxygen atoms in total. The third kappa shape index (κ3) is 4.85. The molecule has 180 valence electrons. The van der Waals surface area contributed by atoms with Crippen molar-refractivity contribution in [2.75, 3.05) is 26.2 Å². The van der Waals surface area contributed by atoms with Gasteiger partial charge in [0.15, 0.2) is 0 Å². The maximum Gasteiger partial charge on any atom is 0.128 e. The summed E-state index contributed by atoms with van der Waals surface area (Å²) in [5.41, 5.74) is 2.43. The number of aliphatic hydroxyl groups excluding tert-OH is 1. The van der Waals surface area contributed by atoms with E-state index in [1.807, 2.05) is 30.5 Å². The lowest BCUT2D eigenvalue weighted by Gasteiger charge is -2.47. The summed E-state index contributed by atoms with van der Waals surface area (Å²) >= 11 is 0. The van der Waals surface area contributed by atoms with Gasteiger partial charge in [-0.2, -0.15) is 0 Å². The fraction of sp³-hybridized carbons (Fsp3) is 0.333. The Labute approximate surface area is 206 Å². The van der Waals surface area contributed by atoms with Crippen LogP contribution in [0.4, 0.5) is 0 Å². The molecule has 4 aromatic rings. The molecular formula is C30H33N3O2. The van der Waals surface area contributed by atoms with Crippen molar-refractivity contribution in [3.63, 3.8) is 0 Å². The third-order valence-electron chi connectivity index (χ3n) is 7.54. The fourth-order valence-corrected chi connectivity index (χ4v) is 5.71. The van der Waals surface area contributed by atoms with Gasteiger partial charge >= 0.3 is 0 Å². The first-order valence-corrected chi connectivity index (χ1v) is 12.7. The van der Waals surface area contributed by atoms with Gasteiger partial charge in [-0.1, -0.05) is 54.6 Å². The maximum atomic E-state index is 10.9. The van der Waals surface area contributed by atoms with Gasteiger partial charge in [0.25, 0.3) is 0 Å². The van der Waals surface area contributed by atoms with Gasteiger partial charge in [-0.3, -0.25) is 9.80 Å². The van der Waals surface area contributed by atoms with E-state index >= 15 is 0 Å². The van der Waals surface area contributed by atoms with Crippen LogP contribution < -0.4 is 4.74 Å². The average Bonchev–Trinajstić information content (AvgIpc) is 3.34. The molecule has 5 heteroatoms. The standard InChI is InChI=1S/C30H33N3O2/c34-27(21-35-30-11-5-10-29-28(30)14-15-31-29)20-33-19-25-8-3-4-9-26(33)18-32(25)17-22-12-13-23-6-1-2-7-24(23)16-22/h1-7,10-16,25-27,31,34H,8-9,17-21H2/t25-,26-,27-/m0/s1. The normalized spacial score (nSPS) is 21.9. The van der Waals surface area contributed by atoms with Crippen LogP contribution >= 0.6 is 0 Å². The molecule has 0 saturated carbocycles. The second-order valence-corrected chi connectivity index (χ2v) is 9.98. The van der Waals surface area contributed by atoms with Gasteiger partial charge in [-0.05, 0) is 53.4 Å². The zero-order valence-electron chi connectivity index (χ0n) is 20.0. The number of nitrogens with zero attached hydrogens (tertiary/aromatic N) is 2. The van der Waals surface area contributed by atoms with Crippen LogP contribution in [0.1, 0.15) is 18.4 Å². The fourth-order valence-electron chi connectivity index (χ4n) is 5.71. The molecule has 2 N–H and O–H groups in total. The Morgan fingerprint density at radius 1 is 0.886 bits per heavy atom. The van der Waals surface area contributed by atoms with E-state index in [2.05, 4.69) is 69.4 Å². The van der Waals surface area contributed by atoms with Crippen LogP contribution in [0.2, 0.25) is 0 Å². The van der Waals surface area contributed by atoms with Crippen molar-refractivity contribution in [3.05, 3.63) is 90.6 Å². The van der Waals surface area contributed by atoms with Crippen molar-refractivity contribution < 1.29 is 9.84 Å². The van der Waals surface area contributed by atoms with Crippen LogP contribution in [0.15, 0.2) is 85.1 Å². The largest absolute Gasteiger partial charge is 0.490 e. The molecule has 1 saturated heterocycles. The van der Waals surface area contributed by atoms with E-state index in [1.165, 1.54) is 16.3 Å². The summed E-state index contributed by atoms with van der Waals surface area (Å²) in [5, 5.41) is 14.5. The van der Waals surface area contributed by atoms with Gasteiger partial charge in [0.2, 0.25) is 0 Å². The van der Waals surface area contributed by atoms with E-state index in [9.17, 15) is 5.11 Å². The number of hydrogen-bond donors (Lipinski definition) is 2. The lowest BCUT2D eigenvalue weighted by atomic mass is 9.96. The second-order valence-electron chi connectivity index (χ2n) is 9.98. The molecule has 3 aliphatic heterocycles. The molecular weight excluding hydrogens is 434 g/mol. The minimum atomic E-state index is -0.525. The lowest BCUT2D eigenvalue weighted by molar-refractivity contribution is -0.0124. The van der Waals surface area contributed by atoms with Crippen LogP contribution in [0.5, 0.6) is 5.75 Å². The summed E-state index contributed by atoms with van der Waals surface area (Å²) in [4.78, 5) is 8.34. The minimum absolute atomic E-state index is 0.300. The first-order chi connectivity index (χ1) is 17.2. The summed E-state index contributed by atoms with van der Waals surface area (Å²) in [5.74, 6) is 0.821. The quantitative estimate of drug-likeness (QED) is 0.377. The first-order valence-electron chi connectivity index (χ1n) is 12.7. The number of aromatic nitrogens is 1. The van der Waals surface area contributed by atoms with E-state index in [-0.39, 0.29) is 0 Å². The molecule has 35 heavy (non-hydrogen) atoms. The molecule has 0 spiro atoms. The molecule has 2 bridgehead atoms. The van der Waals surface area contributed by atoms with Gasteiger partial charge < -0.3 is 14.8 Å². The molecule has 0 aliphatic carbocycles. The topological polar surface area (TPSA) is 51.7 Å². The monoisotopic (exact) mass is 467 g/mol. The zero-order chi connectivity index (χ0) is 23.6. The highest BCUT2D eigenvalue weighted by Crippen LogP contribution is 2.27. The first kappa shape index (κ1) is 22.4. The van der Waals surface area contributed by atoms with Crippen molar-refractivity contribution in [1.29, 1.82) is 0 Å². The summed E-state index contributed by atoms with van der Waals surface area (Å²) in [6.07, 6.45) is 8.14. The second kappa shape index (κ2) is 9.86. The Bertz CT molecular complexity index is 1330. The van der Waals surface area contributed by atoms with Gasteiger partial charge in [0, 0.05) is 55.4 Å². The third-order valence-corrected chi connectivity index (χ3v) is 7.54. The van der Waals surface area contributed by atoms with Crippen LogP contribution in [-0.2, 0) is 6.54 Å². The molecule has 1 fully saturated rings. The van der Waals surface area contributed by atoms with E-state index in [0.717, 1.165) is 49.1 Å². The van der Waals surface area contributed by atoms with Gasteiger partial charge in [0.05, 0.1) is 0 Å². The van der Waals surface area contributed by atoms with Crippen LogP contribution in [0.3, 0.4) is 0 Å². The molecule has 0 radical (unpaired) electrons. The van der Waals surface area contributed by atoms with E-state index in [0.29, 0.717) is 25.2 Å². The van der Waals surface area contributed by atoms with Gasteiger partial charge in [-0.15, -0.1) is 0 Å². The van der Waals surface area contributed by atoms with Crippen LogP contribution in [0, 0.1) is 0 Å². The molecule has 0 amide bonds. The van der Waals surface area contributed by atoms with E-state index < -0.39 is 6.10 Å². The molecule has 3 aromatic carbocycles. The number of rotatable bonds is 7. The molecule has 0 unspecified atom stereocenters. The molecule has 4 heterocycles. The number of nitrogens with one attached hydrogen (secondary N) is 1. The van der Waals surface area contributed by atoms with Crippen LogP contribution in [-0.4, -0.2) is 64.3 Å². The Hall–Kier alpha value is -3.12. The highest BCUT2D eigenvalue weighted by molar-refractivity contribution is 5.85. The summed E-state index contributed by atoms with van der Waals surface area (Å²) in [6, 6.07) is 24.3. The number of ether oxygens (including phenoxy) is 1. The Balaban J connectivity index is 1.10. The average molecular weight is 468 g/mol. The number of benzene rings is 3. The number of aromatic amines is 1. The predicted molar refractivity (Wildman–Crippen MR) is 142 cm³/mol. The summed E-state index contributed by atoms with van der Waals surface area (Å²) in [6.45, 7) is 3.92. The van der Waals surface area contributed by atoms with Crippen LogP contribution in [0.25, 0.3) is 21.7 Å². The highest BCUT2D eigenvalue weighted by atomic mass is 16.5. The maximum absolute atomic E-state index is 10.9. The number of H-pyrrole nitrogens is 1. The van der Waals surface area contributed by atoms with E-state index in [1.54, 1.807) is 0 Å². The minimum Gasteiger partial charge on any atom is -0.490 e. The number of aliphatic hydroxyl groups is 1. The van der Waals surface area contributed by atoms with Gasteiger partial charge in [0.1, 0.15) is 18.5 Å². The predicted octanol–water partition coefficient (Wildman–Crippen LogP) is 4.97. The van der Waals surface area contributed by atoms with Crippen molar-refractivity contribution >= 4 is 21.7 Å². The molecule has 1 aromatic heterocycles. The number of piperazine rings is 1. The van der Waals surface area contributed by atoms with Crippen molar-refractivity contribution in [3.8, 4) is 5.75 Å².